The molecule has 2 fully saturated rings. The minimum absolute atomic E-state index is 0.00324. The van der Waals surface area contributed by atoms with Crippen molar-refractivity contribution >= 4 is 23.3 Å². The summed E-state index contributed by atoms with van der Waals surface area (Å²) in [5.41, 5.74) is 0.670. The van der Waals surface area contributed by atoms with E-state index in [2.05, 4.69) is 5.32 Å². The summed E-state index contributed by atoms with van der Waals surface area (Å²) in [7, 11) is 0. The highest BCUT2D eigenvalue weighted by Crippen LogP contribution is 2.40. The average molecular weight is 329 g/mol. The number of esters is 1. The van der Waals surface area contributed by atoms with E-state index in [0.717, 1.165) is 19.3 Å². The van der Waals surface area contributed by atoms with Crippen LogP contribution >= 0.6 is 0 Å². The molecule has 1 aromatic carbocycles. The molecular weight excluding hydrogens is 306 g/mol. The smallest absolute Gasteiger partial charge is 0.309 e. The molecule has 0 radical (unpaired) electrons. The van der Waals surface area contributed by atoms with Crippen LogP contribution in [0, 0.1) is 17.8 Å². The first kappa shape index (κ1) is 16.7. The van der Waals surface area contributed by atoms with Crippen LogP contribution in [0.1, 0.15) is 39.0 Å². The summed E-state index contributed by atoms with van der Waals surface area (Å²) < 4.78 is 5.36. The van der Waals surface area contributed by atoms with E-state index < -0.39 is 6.10 Å². The van der Waals surface area contributed by atoms with Crippen LogP contribution < -0.4 is 5.32 Å². The van der Waals surface area contributed by atoms with Crippen LogP contribution in [0.5, 0.6) is 0 Å². The lowest BCUT2D eigenvalue weighted by Crippen LogP contribution is -2.41. The van der Waals surface area contributed by atoms with Gasteiger partial charge in [-0.1, -0.05) is 24.6 Å². The molecule has 5 heteroatoms. The predicted octanol–water partition coefficient (Wildman–Crippen LogP) is 2.95. The second kappa shape index (κ2) is 7.16. The van der Waals surface area contributed by atoms with Crippen LogP contribution in [-0.4, -0.2) is 23.8 Å². The molecule has 1 amide bonds. The molecule has 5 nitrogen and oxygen atoms in total. The van der Waals surface area contributed by atoms with E-state index >= 15 is 0 Å². The van der Waals surface area contributed by atoms with E-state index in [4.69, 9.17) is 4.74 Å². The molecule has 128 valence electrons. The van der Waals surface area contributed by atoms with Gasteiger partial charge in [0.2, 0.25) is 0 Å². The molecule has 0 aromatic heterocycles. The SMILES string of the molecule is C[C@H](OC(=O)C1C[C@@H]2CCC[C@@H](C1)C2=O)C(=O)Nc1ccccc1. The number of ether oxygens (including phenoxy) is 1. The first-order valence-electron chi connectivity index (χ1n) is 8.64. The molecule has 2 aliphatic carbocycles. The number of fused-ring (bicyclic) bond motifs is 2. The van der Waals surface area contributed by atoms with E-state index in [1.54, 1.807) is 19.1 Å². The van der Waals surface area contributed by atoms with Crippen molar-refractivity contribution in [3.05, 3.63) is 30.3 Å². The van der Waals surface area contributed by atoms with Gasteiger partial charge in [0.15, 0.2) is 6.10 Å². The average Bonchev–Trinajstić information content (AvgIpc) is 2.55. The van der Waals surface area contributed by atoms with Gasteiger partial charge in [0, 0.05) is 17.5 Å². The van der Waals surface area contributed by atoms with Gasteiger partial charge in [-0.05, 0) is 44.7 Å². The van der Waals surface area contributed by atoms with Crippen molar-refractivity contribution in [2.24, 2.45) is 17.8 Å². The van der Waals surface area contributed by atoms with Gasteiger partial charge in [-0.2, -0.15) is 0 Å². The van der Waals surface area contributed by atoms with Crippen LogP contribution in [-0.2, 0) is 19.1 Å². The predicted molar refractivity (Wildman–Crippen MR) is 89.2 cm³/mol. The zero-order valence-electron chi connectivity index (χ0n) is 13.9. The molecule has 24 heavy (non-hydrogen) atoms. The molecular formula is C19H23NO4. The third kappa shape index (κ3) is 3.66. The van der Waals surface area contributed by atoms with Gasteiger partial charge in [-0.25, -0.2) is 0 Å². The molecule has 2 bridgehead atoms. The van der Waals surface area contributed by atoms with Crippen LogP contribution in [0.25, 0.3) is 0 Å². The number of anilines is 1. The van der Waals surface area contributed by atoms with Crippen LogP contribution in [0.2, 0.25) is 0 Å². The molecule has 3 rings (SSSR count). The molecule has 2 aliphatic rings. The number of nitrogens with one attached hydrogen (secondary N) is 1. The molecule has 1 aromatic rings. The number of hydrogen-bond acceptors (Lipinski definition) is 4. The zero-order valence-corrected chi connectivity index (χ0v) is 13.9. The number of carbonyl (C=O) groups excluding carboxylic acids is 3. The maximum absolute atomic E-state index is 12.4. The Hall–Kier alpha value is -2.17. The number of para-hydroxylation sites is 1. The molecule has 0 unspecified atom stereocenters. The van der Waals surface area contributed by atoms with E-state index in [-0.39, 0.29) is 29.6 Å². The van der Waals surface area contributed by atoms with Crippen molar-refractivity contribution in [1.29, 1.82) is 0 Å². The molecule has 0 aliphatic heterocycles. The number of ketones is 1. The van der Waals surface area contributed by atoms with E-state index in [1.165, 1.54) is 0 Å². The standard InChI is InChI=1S/C19H23NO4/c1-12(18(22)20-16-8-3-2-4-9-16)24-19(23)15-10-13-6-5-7-14(11-15)17(13)21/h2-4,8-9,12-15H,5-7,10-11H2,1H3,(H,20,22)/t12-,13-,14-/m0/s1. The Bertz CT molecular complexity index is 612. The molecule has 0 heterocycles. The number of amides is 1. The van der Waals surface area contributed by atoms with Crippen molar-refractivity contribution in [2.45, 2.75) is 45.1 Å². The fourth-order valence-electron chi connectivity index (χ4n) is 3.76. The van der Waals surface area contributed by atoms with Gasteiger partial charge in [0.05, 0.1) is 5.92 Å². The number of carbonyl (C=O) groups is 3. The highest BCUT2D eigenvalue weighted by molar-refractivity contribution is 5.95. The highest BCUT2D eigenvalue weighted by atomic mass is 16.5. The van der Waals surface area contributed by atoms with Gasteiger partial charge in [-0.15, -0.1) is 0 Å². The summed E-state index contributed by atoms with van der Waals surface area (Å²) in [6.07, 6.45) is 3.11. The number of benzene rings is 1. The molecule has 0 saturated heterocycles. The second-order valence-corrected chi connectivity index (χ2v) is 6.83. The monoisotopic (exact) mass is 329 g/mol. The minimum atomic E-state index is -0.852. The topological polar surface area (TPSA) is 72.5 Å². The Balaban J connectivity index is 1.54. The zero-order chi connectivity index (χ0) is 17.1. The minimum Gasteiger partial charge on any atom is -0.452 e. The van der Waals surface area contributed by atoms with Gasteiger partial charge >= 0.3 is 5.97 Å². The van der Waals surface area contributed by atoms with Gasteiger partial charge in [0.1, 0.15) is 5.78 Å². The normalized spacial score (nSPS) is 27.2. The van der Waals surface area contributed by atoms with Gasteiger partial charge in [-0.3, -0.25) is 14.4 Å². The van der Waals surface area contributed by atoms with Crippen LogP contribution in [0.3, 0.4) is 0 Å². The Kier molecular flexibility index (Phi) is 4.97. The maximum Gasteiger partial charge on any atom is 0.309 e. The van der Waals surface area contributed by atoms with Crippen LogP contribution in [0.15, 0.2) is 30.3 Å². The summed E-state index contributed by atoms with van der Waals surface area (Å²) in [6, 6.07) is 9.06. The highest BCUT2D eigenvalue weighted by Gasteiger charge is 2.42. The summed E-state index contributed by atoms with van der Waals surface area (Å²) in [5, 5.41) is 2.73. The van der Waals surface area contributed by atoms with E-state index in [0.29, 0.717) is 24.3 Å². The fraction of sp³-hybridized carbons (Fsp3) is 0.526. The first-order chi connectivity index (χ1) is 11.5. The summed E-state index contributed by atoms with van der Waals surface area (Å²) in [6.45, 7) is 1.57. The number of hydrogen-bond donors (Lipinski definition) is 1. The van der Waals surface area contributed by atoms with Crippen molar-refractivity contribution in [3.8, 4) is 0 Å². The Morgan fingerprint density at radius 3 is 2.38 bits per heavy atom. The number of rotatable bonds is 4. The third-order valence-electron chi connectivity index (χ3n) is 5.08. The lowest BCUT2D eigenvalue weighted by atomic mass is 9.67. The van der Waals surface area contributed by atoms with Gasteiger partial charge in [0.25, 0.3) is 5.91 Å². The lowest BCUT2D eigenvalue weighted by molar-refractivity contribution is -0.161. The van der Waals surface area contributed by atoms with Crippen molar-refractivity contribution in [2.75, 3.05) is 5.32 Å². The van der Waals surface area contributed by atoms with E-state index in [1.807, 2.05) is 18.2 Å². The van der Waals surface area contributed by atoms with Crippen molar-refractivity contribution in [1.82, 2.24) is 0 Å². The third-order valence-corrected chi connectivity index (χ3v) is 5.08. The Morgan fingerprint density at radius 2 is 1.75 bits per heavy atom. The largest absolute Gasteiger partial charge is 0.452 e. The molecule has 3 atom stereocenters. The summed E-state index contributed by atoms with van der Waals surface area (Å²) >= 11 is 0. The maximum atomic E-state index is 12.4. The van der Waals surface area contributed by atoms with Crippen molar-refractivity contribution in [3.63, 3.8) is 0 Å². The summed E-state index contributed by atoms with van der Waals surface area (Å²) in [5.74, 6) is -0.631. The first-order valence-corrected chi connectivity index (χ1v) is 8.64. The Morgan fingerprint density at radius 1 is 1.12 bits per heavy atom. The molecule has 2 saturated carbocycles. The van der Waals surface area contributed by atoms with Gasteiger partial charge < -0.3 is 10.1 Å². The van der Waals surface area contributed by atoms with E-state index in [9.17, 15) is 14.4 Å². The summed E-state index contributed by atoms with van der Waals surface area (Å²) in [4.78, 5) is 36.6. The lowest BCUT2D eigenvalue weighted by Gasteiger charge is -2.36. The Labute approximate surface area is 141 Å². The van der Waals surface area contributed by atoms with Crippen LogP contribution in [0.4, 0.5) is 5.69 Å². The fourth-order valence-corrected chi connectivity index (χ4v) is 3.76. The molecule has 1 N–H and O–H groups in total. The second-order valence-electron chi connectivity index (χ2n) is 6.83. The number of Topliss-reactive ketones (excluding diaryl/α,β-unsaturated/α-hetero) is 1. The quantitative estimate of drug-likeness (QED) is 0.862. The van der Waals surface area contributed by atoms with Crippen molar-refractivity contribution < 1.29 is 19.1 Å². The molecule has 0 spiro atoms.